The van der Waals surface area contributed by atoms with Gasteiger partial charge in [-0.25, -0.2) is 0 Å². The molecule has 0 aromatic heterocycles. The maximum atomic E-state index is 6.94. The van der Waals surface area contributed by atoms with Crippen molar-refractivity contribution >= 4 is 23.2 Å². The Morgan fingerprint density at radius 1 is 1.05 bits per heavy atom. The van der Waals surface area contributed by atoms with E-state index in [1.807, 2.05) is 0 Å². The molecule has 120 valence electrons. The van der Waals surface area contributed by atoms with Crippen LogP contribution in [0, 0.1) is 5.41 Å². The maximum absolute atomic E-state index is 6.94. The maximum Gasteiger partial charge on any atom is 0.112 e. The van der Waals surface area contributed by atoms with Crippen molar-refractivity contribution in [1.82, 2.24) is 10.6 Å². The molecule has 20 heavy (non-hydrogen) atoms. The highest BCUT2D eigenvalue weighted by molar-refractivity contribution is 6.32. The summed E-state index contributed by atoms with van der Waals surface area (Å²) in [7, 11) is 0. The predicted molar refractivity (Wildman–Crippen MR) is 90.8 cm³/mol. The Kier molecular flexibility index (Phi) is 7.62. The summed E-state index contributed by atoms with van der Waals surface area (Å²) < 4.78 is 0. The molecule has 0 saturated heterocycles. The molecule has 0 aromatic rings. The van der Waals surface area contributed by atoms with Crippen LogP contribution in [0.4, 0.5) is 0 Å². The molecule has 1 aliphatic carbocycles. The molecule has 0 radical (unpaired) electrons. The summed E-state index contributed by atoms with van der Waals surface area (Å²) in [6.45, 7) is 10.9. The van der Waals surface area contributed by atoms with E-state index in [1.54, 1.807) is 0 Å². The van der Waals surface area contributed by atoms with E-state index in [9.17, 15) is 0 Å². The summed E-state index contributed by atoms with van der Waals surface area (Å²) in [5.41, 5.74) is 0.305. The van der Waals surface area contributed by atoms with E-state index < -0.39 is 5.00 Å². The lowest BCUT2D eigenvalue weighted by Gasteiger charge is -2.51. The van der Waals surface area contributed by atoms with Crippen molar-refractivity contribution in [3.05, 3.63) is 0 Å². The monoisotopic (exact) mass is 322 g/mol. The SMILES string of the molecule is CCCNC1CC(CC)(CC)CC(Cl)(NCCC)C1Cl. The lowest BCUT2D eigenvalue weighted by Crippen LogP contribution is -2.62. The molecule has 0 aliphatic heterocycles. The van der Waals surface area contributed by atoms with Gasteiger partial charge in [0.2, 0.25) is 0 Å². The van der Waals surface area contributed by atoms with E-state index in [0.29, 0.717) is 11.5 Å². The Bertz CT molecular complexity index is 282. The predicted octanol–water partition coefficient (Wildman–Crippen LogP) is 4.50. The third-order valence-corrected chi connectivity index (χ3v) is 6.19. The zero-order chi connectivity index (χ0) is 15.2. The first-order valence-electron chi connectivity index (χ1n) is 8.28. The minimum absolute atomic E-state index is 0.0616. The Labute approximate surface area is 135 Å². The third-order valence-electron chi connectivity index (χ3n) is 4.90. The molecule has 0 spiro atoms. The van der Waals surface area contributed by atoms with Crippen molar-refractivity contribution in [2.45, 2.75) is 82.6 Å². The van der Waals surface area contributed by atoms with Crippen LogP contribution in [-0.4, -0.2) is 29.5 Å². The minimum atomic E-state index is -0.479. The van der Waals surface area contributed by atoms with Crippen LogP contribution in [0.5, 0.6) is 0 Å². The first-order valence-corrected chi connectivity index (χ1v) is 9.09. The average molecular weight is 323 g/mol. The van der Waals surface area contributed by atoms with Gasteiger partial charge < -0.3 is 5.32 Å². The highest BCUT2D eigenvalue weighted by Gasteiger charge is 2.51. The van der Waals surface area contributed by atoms with E-state index in [2.05, 4.69) is 38.3 Å². The molecule has 1 rings (SSSR count). The van der Waals surface area contributed by atoms with Gasteiger partial charge in [0, 0.05) is 6.04 Å². The Balaban J connectivity index is 2.91. The van der Waals surface area contributed by atoms with Crippen LogP contribution in [0.25, 0.3) is 0 Å². The third kappa shape index (κ3) is 4.25. The molecule has 4 heteroatoms. The van der Waals surface area contributed by atoms with Crippen molar-refractivity contribution in [2.75, 3.05) is 13.1 Å². The van der Waals surface area contributed by atoms with E-state index >= 15 is 0 Å². The van der Waals surface area contributed by atoms with Gasteiger partial charge in [0.15, 0.2) is 0 Å². The van der Waals surface area contributed by atoms with E-state index in [1.165, 1.54) is 12.8 Å². The van der Waals surface area contributed by atoms with Crippen LogP contribution in [0.1, 0.15) is 66.2 Å². The second kappa shape index (κ2) is 8.22. The summed E-state index contributed by atoms with van der Waals surface area (Å²) in [6.07, 6.45) is 6.64. The number of nitrogens with one attached hydrogen (secondary N) is 2. The average Bonchev–Trinajstić information content (AvgIpc) is 2.47. The first kappa shape index (κ1) is 18.5. The molecule has 2 nitrogen and oxygen atoms in total. The van der Waals surface area contributed by atoms with Crippen molar-refractivity contribution < 1.29 is 0 Å². The van der Waals surface area contributed by atoms with Gasteiger partial charge in [-0.15, -0.1) is 23.2 Å². The second-order valence-electron chi connectivity index (χ2n) is 6.34. The van der Waals surface area contributed by atoms with Gasteiger partial charge in [-0.3, -0.25) is 5.32 Å². The van der Waals surface area contributed by atoms with Gasteiger partial charge in [-0.1, -0.05) is 40.5 Å². The molecular weight excluding hydrogens is 291 g/mol. The summed E-state index contributed by atoms with van der Waals surface area (Å²) in [4.78, 5) is -0.479. The molecule has 0 aromatic carbocycles. The quantitative estimate of drug-likeness (QED) is 0.508. The summed E-state index contributed by atoms with van der Waals surface area (Å²) in [5, 5.41) is 7.08. The Morgan fingerprint density at radius 3 is 2.15 bits per heavy atom. The topological polar surface area (TPSA) is 24.1 Å². The molecule has 2 N–H and O–H groups in total. The van der Waals surface area contributed by atoms with E-state index in [0.717, 1.165) is 38.8 Å². The van der Waals surface area contributed by atoms with Crippen molar-refractivity contribution in [1.29, 1.82) is 0 Å². The normalized spacial score (nSPS) is 33.3. The number of hydrogen-bond acceptors (Lipinski definition) is 2. The van der Waals surface area contributed by atoms with Gasteiger partial charge in [0.1, 0.15) is 5.00 Å². The molecule has 3 unspecified atom stereocenters. The standard InChI is InChI=1S/C16H32Cl2N2/c1-5-9-19-13-11-15(7-3,8-4)12-16(18,14(13)17)20-10-6-2/h13-14,19-20H,5-12H2,1-4H3. The van der Waals surface area contributed by atoms with Gasteiger partial charge in [0.05, 0.1) is 5.38 Å². The first-order chi connectivity index (χ1) is 9.47. The van der Waals surface area contributed by atoms with Crippen LogP contribution in [0.3, 0.4) is 0 Å². The summed E-state index contributed by atoms with van der Waals surface area (Å²) in [6, 6.07) is 0.298. The van der Waals surface area contributed by atoms with Gasteiger partial charge in [0.25, 0.3) is 0 Å². The molecule has 0 amide bonds. The lowest BCUT2D eigenvalue weighted by atomic mass is 9.66. The molecule has 0 bridgehead atoms. The minimum Gasteiger partial charge on any atom is -0.312 e. The molecule has 1 aliphatic rings. The van der Waals surface area contributed by atoms with Crippen LogP contribution < -0.4 is 10.6 Å². The van der Waals surface area contributed by atoms with E-state index in [-0.39, 0.29) is 5.38 Å². The highest BCUT2D eigenvalue weighted by Crippen LogP contribution is 2.49. The Morgan fingerprint density at radius 2 is 1.65 bits per heavy atom. The molecule has 1 fully saturated rings. The number of rotatable bonds is 8. The van der Waals surface area contributed by atoms with Crippen LogP contribution in [-0.2, 0) is 0 Å². The number of alkyl halides is 2. The van der Waals surface area contributed by atoms with Crippen molar-refractivity contribution in [2.24, 2.45) is 5.41 Å². The molecule has 3 atom stereocenters. The zero-order valence-electron chi connectivity index (χ0n) is 13.6. The van der Waals surface area contributed by atoms with E-state index in [4.69, 9.17) is 23.2 Å². The molecule has 1 saturated carbocycles. The van der Waals surface area contributed by atoms with Crippen LogP contribution >= 0.6 is 23.2 Å². The zero-order valence-corrected chi connectivity index (χ0v) is 15.1. The highest BCUT2D eigenvalue weighted by atomic mass is 35.5. The fourth-order valence-corrected chi connectivity index (χ4v) is 4.25. The van der Waals surface area contributed by atoms with Crippen LogP contribution in [0.15, 0.2) is 0 Å². The van der Waals surface area contributed by atoms with Gasteiger partial charge in [-0.05, 0) is 44.2 Å². The van der Waals surface area contributed by atoms with Gasteiger partial charge in [-0.2, -0.15) is 0 Å². The second-order valence-corrected chi connectivity index (χ2v) is 7.48. The smallest absolute Gasteiger partial charge is 0.112 e. The number of halogens is 2. The van der Waals surface area contributed by atoms with Gasteiger partial charge >= 0.3 is 0 Å². The van der Waals surface area contributed by atoms with Crippen molar-refractivity contribution in [3.63, 3.8) is 0 Å². The molecular formula is C16H32Cl2N2. The molecule has 0 heterocycles. The Hall–Kier alpha value is 0.500. The summed E-state index contributed by atoms with van der Waals surface area (Å²) >= 11 is 13.7. The number of hydrogen-bond donors (Lipinski definition) is 2. The largest absolute Gasteiger partial charge is 0.312 e. The van der Waals surface area contributed by atoms with Crippen LogP contribution in [0.2, 0.25) is 0 Å². The fraction of sp³-hybridized carbons (Fsp3) is 1.00. The van der Waals surface area contributed by atoms with Crippen molar-refractivity contribution in [3.8, 4) is 0 Å². The summed E-state index contributed by atoms with van der Waals surface area (Å²) in [5.74, 6) is 0. The fourth-order valence-electron chi connectivity index (χ4n) is 3.39. The lowest BCUT2D eigenvalue weighted by molar-refractivity contribution is 0.0990.